The highest BCUT2D eigenvalue weighted by atomic mass is 19.1. The van der Waals surface area contributed by atoms with Gasteiger partial charge in [0.25, 0.3) is 0 Å². The number of halogens is 1. The predicted octanol–water partition coefficient (Wildman–Crippen LogP) is 0.926. The highest BCUT2D eigenvalue weighted by Crippen LogP contribution is 2.09. The third-order valence-electron chi connectivity index (χ3n) is 2.79. The van der Waals surface area contributed by atoms with Gasteiger partial charge in [0.2, 0.25) is 5.91 Å². The maximum Gasteiger partial charge on any atom is 0.221 e. The molecule has 1 amide bonds. The number of hydrogen-bond donors (Lipinski definition) is 4. The van der Waals surface area contributed by atoms with E-state index in [2.05, 4.69) is 15.8 Å². The summed E-state index contributed by atoms with van der Waals surface area (Å²) in [6.45, 7) is 3.54. The third-order valence-corrected chi connectivity index (χ3v) is 2.79. The molecule has 0 radical (unpaired) electrons. The lowest BCUT2D eigenvalue weighted by Gasteiger charge is -2.07. The first-order chi connectivity index (χ1) is 10.1. The largest absolute Gasteiger partial charge is 0.409 e. The molecular weight excluding hydrogens is 275 g/mol. The molecule has 5 N–H and O–H groups in total. The van der Waals surface area contributed by atoms with Crippen LogP contribution in [0.5, 0.6) is 0 Å². The molecule has 0 bridgehead atoms. The SMILES string of the molecule is CCCNC(=O)CCNCc1cc(F)cc(/C(N)=N/O)c1. The van der Waals surface area contributed by atoms with Crippen molar-refractivity contribution in [2.24, 2.45) is 10.9 Å². The fraction of sp³-hybridized carbons (Fsp3) is 0.429. The molecule has 0 atom stereocenters. The first-order valence-electron chi connectivity index (χ1n) is 6.81. The second-order valence-electron chi connectivity index (χ2n) is 4.61. The van der Waals surface area contributed by atoms with Gasteiger partial charge in [0.05, 0.1) is 0 Å². The van der Waals surface area contributed by atoms with Crippen molar-refractivity contribution in [3.63, 3.8) is 0 Å². The van der Waals surface area contributed by atoms with Gasteiger partial charge in [-0.3, -0.25) is 4.79 Å². The summed E-state index contributed by atoms with van der Waals surface area (Å²) in [7, 11) is 0. The Morgan fingerprint density at radius 3 is 2.81 bits per heavy atom. The van der Waals surface area contributed by atoms with E-state index in [1.165, 1.54) is 12.1 Å². The molecule has 1 aromatic rings. The Morgan fingerprint density at radius 1 is 1.38 bits per heavy atom. The van der Waals surface area contributed by atoms with Crippen molar-refractivity contribution < 1.29 is 14.4 Å². The fourth-order valence-electron chi connectivity index (χ4n) is 1.75. The number of amidine groups is 1. The van der Waals surface area contributed by atoms with E-state index in [0.29, 0.717) is 37.2 Å². The van der Waals surface area contributed by atoms with E-state index < -0.39 is 5.82 Å². The molecule has 0 saturated carbocycles. The molecule has 6 nitrogen and oxygen atoms in total. The van der Waals surface area contributed by atoms with Gasteiger partial charge < -0.3 is 21.6 Å². The van der Waals surface area contributed by atoms with Crippen LogP contribution in [0.4, 0.5) is 4.39 Å². The number of nitrogens with zero attached hydrogens (tertiary/aromatic N) is 1. The van der Waals surface area contributed by atoms with Gasteiger partial charge in [-0.25, -0.2) is 4.39 Å². The third kappa shape index (κ3) is 6.22. The summed E-state index contributed by atoms with van der Waals surface area (Å²) in [6, 6.07) is 4.18. The molecule has 0 unspecified atom stereocenters. The topological polar surface area (TPSA) is 99.7 Å². The van der Waals surface area contributed by atoms with Crippen molar-refractivity contribution in [2.45, 2.75) is 26.3 Å². The summed E-state index contributed by atoms with van der Waals surface area (Å²) in [5.41, 5.74) is 6.41. The Hall–Kier alpha value is -2.15. The van der Waals surface area contributed by atoms with Crippen LogP contribution in [0.3, 0.4) is 0 Å². The van der Waals surface area contributed by atoms with Crippen LogP contribution in [0.15, 0.2) is 23.4 Å². The number of carbonyl (C=O) groups excluding carboxylic acids is 1. The Labute approximate surface area is 123 Å². The molecule has 0 aliphatic rings. The van der Waals surface area contributed by atoms with Crippen LogP contribution in [0.1, 0.15) is 30.9 Å². The molecule has 1 rings (SSSR count). The van der Waals surface area contributed by atoms with Crippen molar-refractivity contribution in [2.75, 3.05) is 13.1 Å². The molecule has 1 aromatic carbocycles. The van der Waals surface area contributed by atoms with Crippen LogP contribution < -0.4 is 16.4 Å². The van der Waals surface area contributed by atoms with Crippen molar-refractivity contribution in [1.82, 2.24) is 10.6 Å². The molecule has 0 aromatic heterocycles. The van der Waals surface area contributed by atoms with Crippen LogP contribution >= 0.6 is 0 Å². The monoisotopic (exact) mass is 296 g/mol. The Bertz CT molecular complexity index is 506. The van der Waals surface area contributed by atoms with Gasteiger partial charge in [-0.05, 0) is 30.2 Å². The molecule has 21 heavy (non-hydrogen) atoms. The zero-order valence-corrected chi connectivity index (χ0v) is 12.0. The van der Waals surface area contributed by atoms with E-state index in [0.717, 1.165) is 6.42 Å². The van der Waals surface area contributed by atoms with E-state index >= 15 is 0 Å². The first kappa shape index (κ1) is 16.9. The molecule has 0 fully saturated rings. The summed E-state index contributed by atoms with van der Waals surface area (Å²) < 4.78 is 13.4. The lowest BCUT2D eigenvalue weighted by molar-refractivity contribution is -0.120. The summed E-state index contributed by atoms with van der Waals surface area (Å²) in [5.74, 6) is -0.618. The maximum absolute atomic E-state index is 13.4. The van der Waals surface area contributed by atoms with Crippen LogP contribution in [-0.2, 0) is 11.3 Å². The number of rotatable bonds is 8. The number of amides is 1. The molecule has 0 spiro atoms. The summed E-state index contributed by atoms with van der Waals surface area (Å²) in [6.07, 6.45) is 1.27. The second kappa shape index (κ2) is 8.91. The number of nitrogens with two attached hydrogens (primary N) is 1. The van der Waals surface area contributed by atoms with Crippen molar-refractivity contribution in [3.8, 4) is 0 Å². The summed E-state index contributed by atoms with van der Waals surface area (Å²) in [4.78, 5) is 11.4. The average Bonchev–Trinajstić information content (AvgIpc) is 2.48. The lowest BCUT2D eigenvalue weighted by Crippen LogP contribution is -2.28. The summed E-state index contributed by atoms with van der Waals surface area (Å²) >= 11 is 0. The van der Waals surface area contributed by atoms with Crippen molar-refractivity contribution >= 4 is 11.7 Å². The molecule has 0 aliphatic heterocycles. The molecule has 0 aliphatic carbocycles. The number of hydrogen-bond acceptors (Lipinski definition) is 4. The molecule has 7 heteroatoms. The zero-order chi connectivity index (χ0) is 15.7. The minimum atomic E-state index is -0.461. The van der Waals surface area contributed by atoms with E-state index in [-0.39, 0.29) is 11.7 Å². The van der Waals surface area contributed by atoms with Gasteiger partial charge in [-0.2, -0.15) is 0 Å². The van der Waals surface area contributed by atoms with Gasteiger partial charge in [-0.1, -0.05) is 12.1 Å². The standard InChI is InChI=1S/C14H21FN4O2/c1-2-4-18-13(20)3-5-17-9-10-6-11(14(16)19-21)8-12(15)7-10/h6-8,17,21H,2-5,9H2,1H3,(H2,16,19)(H,18,20). The van der Waals surface area contributed by atoms with Crippen LogP contribution in [0, 0.1) is 5.82 Å². The van der Waals surface area contributed by atoms with E-state index in [1.807, 2.05) is 6.92 Å². The first-order valence-corrected chi connectivity index (χ1v) is 6.81. The van der Waals surface area contributed by atoms with Gasteiger partial charge in [0, 0.05) is 31.6 Å². The normalized spacial score (nSPS) is 11.4. The number of nitrogens with one attached hydrogen (secondary N) is 2. The highest BCUT2D eigenvalue weighted by molar-refractivity contribution is 5.97. The molecular formula is C14H21FN4O2. The van der Waals surface area contributed by atoms with E-state index in [9.17, 15) is 9.18 Å². The number of oxime groups is 1. The quantitative estimate of drug-likeness (QED) is 0.188. The molecule has 0 saturated heterocycles. The van der Waals surface area contributed by atoms with Gasteiger partial charge >= 0.3 is 0 Å². The Morgan fingerprint density at radius 2 is 2.14 bits per heavy atom. The highest BCUT2D eigenvalue weighted by Gasteiger charge is 2.05. The summed E-state index contributed by atoms with van der Waals surface area (Å²) in [5, 5.41) is 17.3. The minimum absolute atomic E-state index is 0.0130. The van der Waals surface area contributed by atoms with E-state index in [1.54, 1.807) is 6.07 Å². The van der Waals surface area contributed by atoms with Crippen LogP contribution in [-0.4, -0.2) is 30.0 Å². The van der Waals surface area contributed by atoms with Gasteiger partial charge in [-0.15, -0.1) is 0 Å². The minimum Gasteiger partial charge on any atom is -0.409 e. The Balaban J connectivity index is 2.45. The van der Waals surface area contributed by atoms with Crippen molar-refractivity contribution in [3.05, 3.63) is 35.1 Å². The lowest BCUT2D eigenvalue weighted by atomic mass is 10.1. The molecule has 116 valence electrons. The predicted molar refractivity (Wildman–Crippen MR) is 78.5 cm³/mol. The van der Waals surface area contributed by atoms with Gasteiger partial charge in [0.15, 0.2) is 5.84 Å². The second-order valence-corrected chi connectivity index (χ2v) is 4.61. The van der Waals surface area contributed by atoms with Crippen LogP contribution in [0.25, 0.3) is 0 Å². The zero-order valence-electron chi connectivity index (χ0n) is 12.0. The Kier molecular flexibility index (Phi) is 7.17. The fourth-order valence-corrected chi connectivity index (χ4v) is 1.75. The smallest absolute Gasteiger partial charge is 0.221 e. The number of benzene rings is 1. The van der Waals surface area contributed by atoms with Gasteiger partial charge in [0.1, 0.15) is 5.82 Å². The number of carbonyl (C=O) groups is 1. The van der Waals surface area contributed by atoms with Crippen molar-refractivity contribution in [1.29, 1.82) is 0 Å². The molecule has 0 heterocycles. The average molecular weight is 296 g/mol. The van der Waals surface area contributed by atoms with Crippen LogP contribution in [0.2, 0.25) is 0 Å². The maximum atomic E-state index is 13.4. The van der Waals surface area contributed by atoms with E-state index in [4.69, 9.17) is 10.9 Å².